The summed E-state index contributed by atoms with van der Waals surface area (Å²) in [6, 6.07) is 6.90. The van der Waals surface area contributed by atoms with Crippen molar-refractivity contribution in [3.05, 3.63) is 56.9 Å². The maximum absolute atomic E-state index is 10.8. The number of nitro groups is 1. The Morgan fingerprint density at radius 1 is 1.43 bits per heavy atom. The topological polar surface area (TPSA) is 73.0 Å². The first-order chi connectivity index (χ1) is 9.93. The fourth-order valence-corrected chi connectivity index (χ4v) is 2.58. The summed E-state index contributed by atoms with van der Waals surface area (Å²) in [5.74, 6) is 0. The Morgan fingerprint density at radius 2 is 2.14 bits per heavy atom. The first-order valence-corrected chi connectivity index (χ1v) is 6.88. The number of benzene rings is 1. The van der Waals surface area contributed by atoms with E-state index in [-0.39, 0.29) is 16.7 Å². The second kappa shape index (κ2) is 6.05. The summed E-state index contributed by atoms with van der Waals surface area (Å²) in [6.45, 7) is 6.64. The van der Waals surface area contributed by atoms with Gasteiger partial charge in [0.15, 0.2) is 0 Å². The largest absolute Gasteiger partial charge is 0.313 e. The quantitative estimate of drug-likeness (QED) is 0.678. The zero-order valence-corrected chi connectivity index (χ0v) is 12.8. The van der Waals surface area contributed by atoms with Gasteiger partial charge in [-0.3, -0.25) is 14.8 Å². The molecule has 112 valence electrons. The standard InChI is InChI=1S/C15H20N4O2/c1-10(16-4)15-11(2)17-18(12(15)3)9-13-6-5-7-14(8-13)19(20)21/h5-8,10,16H,9H2,1-4H3. The van der Waals surface area contributed by atoms with E-state index in [4.69, 9.17) is 0 Å². The highest BCUT2D eigenvalue weighted by molar-refractivity contribution is 5.35. The highest BCUT2D eigenvalue weighted by atomic mass is 16.6. The monoisotopic (exact) mass is 288 g/mol. The summed E-state index contributed by atoms with van der Waals surface area (Å²) in [5, 5.41) is 18.6. The van der Waals surface area contributed by atoms with Crippen molar-refractivity contribution in [2.24, 2.45) is 0 Å². The van der Waals surface area contributed by atoms with Crippen molar-refractivity contribution in [1.82, 2.24) is 15.1 Å². The van der Waals surface area contributed by atoms with Crippen LogP contribution in [-0.4, -0.2) is 21.8 Å². The van der Waals surface area contributed by atoms with Gasteiger partial charge in [0.2, 0.25) is 0 Å². The summed E-state index contributed by atoms with van der Waals surface area (Å²) in [7, 11) is 1.92. The van der Waals surface area contributed by atoms with Crippen molar-refractivity contribution >= 4 is 5.69 Å². The molecule has 1 aromatic heterocycles. The second-order valence-electron chi connectivity index (χ2n) is 5.18. The maximum atomic E-state index is 10.8. The molecule has 1 aromatic carbocycles. The van der Waals surface area contributed by atoms with Gasteiger partial charge in [-0.25, -0.2) is 0 Å². The minimum atomic E-state index is -0.376. The van der Waals surface area contributed by atoms with Crippen LogP contribution in [-0.2, 0) is 6.54 Å². The fourth-order valence-electron chi connectivity index (χ4n) is 2.58. The van der Waals surface area contributed by atoms with Crippen LogP contribution < -0.4 is 5.32 Å². The number of nitrogens with zero attached hydrogens (tertiary/aromatic N) is 3. The molecule has 0 amide bonds. The molecule has 0 spiro atoms. The molecule has 6 heteroatoms. The number of aryl methyl sites for hydroxylation is 1. The van der Waals surface area contributed by atoms with E-state index < -0.39 is 0 Å². The second-order valence-corrected chi connectivity index (χ2v) is 5.18. The van der Waals surface area contributed by atoms with E-state index in [0.29, 0.717) is 6.54 Å². The SMILES string of the molecule is CNC(C)c1c(C)nn(Cc2cccc([N+](=O)[O-])c2)c1C. The highest BCUT2D eigenvalue weighted by Crippen LogP contribution is 2.22. The van der Waals surface area contributed by atoms with E-state index in [2.05, 4.69) is 17.3 Å². The summed E-state index contributed by atoms with van der Waals surface area (Å²) in [6.07, 6.45) is 0. The fraction of sp³-hybridized carbons (Fsp3) is 0.400. The van der Waals surface area contributed by atoms with Gasteiger partial charge in [-0.2, -0.15) is 5.10 Å². The average Bonchev–Trinajstić information content (AvgIpc) is 2.73. The van der Waals surface area contributed by atoms with E-state index in [1.807, 2.05) is 31.6 Å². The van der Waals surface area contributed by atoms with E-state index in [0.717, 1.165) is 17.0 Å². The molecule has 0 bridgehead atoms. The number of nitro benzene ring substituents is 1. The average molecular weight is 288 g/mol. The Kier molecular flexibility index (Phi) is 4.37. The lowest BCUT2D eigenvalue weighted by Gasteiger charge is -2.11. The molecule has 0 radical (unpaired) electrons. The number of hydrogen-bond donors (Lipinski definition) is 1. The molecule has 0 saturated carbocycles. The predicted octanol–water partition coefficient (Wildman–Crippen LogP) is 2.74. The summed E-state index contributed by atoms with van der Waals surface area (Å²) >= 11 is 0. The third-order valence-electron chi connectivity index (χ3n) is 3.76. The summed E-state index contributed by atoms with van der Waals surface area (Å²) < 4.78 is 1.90. The third-order valence-corrected chi connectivity index (χ3v) is 3.76. The first-order valence-electron chi connectivity index (χ1n) is 6.88. The van der Waals surface area contributed by atoms with Gasteiger partial charge in [0.1, 0.15) is 0 Å². The first kappa shape index (κ1) is 15.2. The third kappa shape index (κ3) is 3.11. The van der Waals surface area contributed by atoms with Gasteiger partial charge in [0.25, 0.3) is 5.69 Å². The molecule has 2 aromatic rings. The van der Waals surface area contributed by atoms with E-state index in [1.165, 1.54) is 11.6 Å². The van der Waals surface area contributed by atoms with E-state index in [1.54, 1.807) is 12.1 Å². The number of rotatable bonds is 5. The predicted molar refractivity (Wildman–Crippen MR) is 81.4 cm³/mol. The molecule has 1 heterocycles. The van der Waals surface area contributed by atoms with Gasteiger partial charge in [-0.15, -0.1) is 0 Å². The molecule has 6 nitrogen and oxygen atoms in total. The molecule has 0 saturated heterocycles. The molecule has 0 aliphatic rings. The zero-order chi connectivity index (χ0) is 15.6. The molecule has 1 N–H and O–H groups in total. The van der Waals surface area contributed by atoms with Gasteiger partial charge in [-0.1, -0.05) is 12.1 Å². The number of nitrogens with one attached hydrogen (secondary N) is 1. The Hall–Kier alpha value is -2.21. The van der Waals surface area contributed by atoms with E-state index in [9.17, 15) is 10.1 Å². The van der Waals surface area contributed by atoms with Crippen LogP contribution in [0.5, 0.6) is 0 Å². The lowest BCUT2D eigenvalue weighted by molar-refractivity contribution is -0.384. The Balaban J connectivity index is 2.32. The molecule has 21 heavy (non-hydrogen) atoms. The molecule has 2 rings (SSSR count). The van der Waals surface area contributed by atoms with Crippen molar-refractivity contribution in [3.8, 4) is 0 Å². The minimum absolute atomic E-state index is 0.109. The van der Waals surface area contributed by atoms with Gasteiger partial charge in [0.05, 0.1) is 17.2 Å². The van der Waals surface area contributed by atoms with Crippen molar-refractivity contribution in [3.63, 3.8) is 0 Å². The normalized spacial score (nSPS) is 12.4. The molecule has 1 atom stereocenters. The van der Waals surface area contributed by atoms with Crippen LogP contribution in [0, 0.1) is 24.0 Å². The minimum Gasteiger partial charge on any atom is -0.313 e. The smallest absolute Gasteiger partial charge is 0.269 e. The van der Waals surface area contributed by atoms with Crippen LogP contribution in [0.15, 0.2) is 24.3 Å². The van der Waals surface area contributed by atoms with Crippen LogP contribution in [0.1, 0.15) is 35.5 Å². The maximum Gasteiger partial charge on any atom is 0.269 e. The molecular weight excluding hydrogens is 268 g/mol. The number of hydrogen-bond acceptors (Lipinski definition) is 4. The van der Waals surface area contributed by atoms with Crippen molar-refractivity contribution in [2.45, 2.75) is 33.4 Å². The van der Waals surface area contributed by atoms with Gasteiger partial charge in [-0.05, 0) is 33.4 Å². The van der Waals surface area contributed by atoms with Crippen LogP contribution in [0.3, 0.4) is 0 Å². The van der Waals surface area contributed by atoms with Gasteiger partial charge in [0, 0.05) is 29.4 Å². The van der Waals surface area contributed by atoms with Crippen LogP contribution in [0.25, 0.3) is 0 Å². The van der Waals surface area contributed by atoms with Gasteiger partial charge < -0.3 is 5.32 Å². The molecule has 0 fully saturated rings. The summed E-state index contributed by atoms with van der Waals surface area (Å²) in [5.41, 5.74) is 4.24. The van der Waals surface area contributed by atoms with Crippen molar-refractivity contribution in [2.75, 3.05) is 7.05 Å². The molecular formula is C15H20N4O2. The van der Waals surface area contributed by atoms with Crippen LogP contribution >= 0.6 is 0 Å². The van der Waals surface area contributed by atoms with Crippen molar-refractivity contribution < 1.29 is 4.92 Å². The number of non-ortho nitro benzene ring substituents is 1. The molecule has 0 aliphatic carbocycles. The highest BCUT2D eigenvalue weighted by Gasteiger charge is 2.16. The van der Waals surface area contributed by atoms with Crippen molar-refractivity contribution in [1.29, 1.82) is 0 Å². The van der Waals surface area contributed by atoms with Crippen LogP contribution in [0.2, 0.25) is 0 Å². The Bertz CT molecular complexity index is 664. The van der Waals surface area contributed by atoms with Crippen LogP contribution in [0.4, 0.5) is 5.69 Å². The van der Waals surface area contributed by atoms with Gasteiger partial charge >= 0.3 is 0 Å². The number of aromatic nitrogens is 2. The zero-order valence-electron chi connectivity index (χ0n) is 12.8. The molecule has 1 unspecified atom stereocenters. The Morgan fingerprint density at radius 3 is 2.76 bits per heavy atom. The lowest BCUT2D eigenvalue weighted by atomic mass is 10.1. The Labute approximate surface area is 123 Å². The molecule has 0 aliphatic heterocycles. The van der Waals surface area contributed by atoms with E-state index >= 15 is 0 Å². The lowest BCUT2D eigenvalue weighted by Crippen LogP contribution is -2.14. The summed E-state index contributed by atoms with van der Waals surface area (Å²) in [4.78, 5) is 10.5.